The van der Waals surface area contributed by atoms with Gasteiger partial charge >= 0.3 is 0 Å². The van der Waals surface area contributed by atoms with Crippen molar-refractivity contribution < 1.29 is 9.53 Å². The molecular formula is C10H11ClINO2. The maximum atomic E-state index is 11.5. The van der Waals surface area contributed by atoms with Gasteiger partial charge in [-0.3, -0.25) is 4.79 Å². The number of rotatable bonds is 3. The van der Waals surface area contributed by atoms with Crippen LogP contribution in [-0.2, 0) is 9.53 Å². The van der Waals surface area contributed by atoms with Crippen molar-refractivity contribution in [2.45, 2.75) is 13.0 Å². The minimum atomic E-state index is -0.487. The molecule has 3 nitrogen and oxygen atoms in total. The summed E-state index contributed by atoms with van der Waals surface area (Å²) >= 11 is 8.08. The highest BCUT2D eigenvalue weighted by atomic mass is 127. The molecule has 1 N–H and O–H groups in total. The van der Waals surface area contributed by atoms with Crippen molar-refractivity contribution in [3.8, 4) is 0 Å². The topological polar surface area (TPSA) is 38.3 Å². The van der Waals surface area contributed by atoms with Gasteiger partial charge in [-0.1, -0.05) is 11.6 Å². The number of hydrogen-bond donors (Lipinski definition) is 1. The molecule has 1 atom stereocenters. The van der Waals surface area contributed by atoms with E-state index in [1.807, 2.05) is 12.1 Å². The van der Waals surface area contributed by atoms with Crippen molar-refractivity contribution >= 4 is 45.8 Å². The fourth-order valence-corrected chi connectivity index (χ4v) is 1.59. The first kappa shape index (κ1) is 12.7. The lowest BCUT2D eigenvalue weighted by Gasteiger charge is -2.11. The largest absolute Gasteiger partial charge is 0.372 e. The van der Waals surface area contributed by atoms with Gasteiger partial charge in [0.1, 0.15) is 6.10 Å². The Labute approximate surface area is 107 Å². The van der Waals surface area contributed by atoms with Crippen molar-refractivity contribution in [1.29, 1.82) is 0 Å². The molecule has 0 aromatic heterocycles. The van der Waals surface area contributed by atoms with Crippen molar-refractivity contribution in [2.24, 2.45) is 0 Å². The first-order valence-electron chi connectivity index (χ1n) is 4.33. The lowest BCUT2D eigenvalue weighted by Crippen LogP contribution is -2.26. The van der Waals surface area contributed by atoms with E-state index in [2.05, 4.69) is 27.9 Å². The highest BCUT2D eigenvalue weighted by Gasteiger charge is 2.13. The minimum absolute atomic E-state index is 0.207. The van der Waals surface area contributed by atoms with Crippen LogP contribution < -0.4 is 5.32 Å². The van der Waals surface area contributed by atoms with Crippen molar-refractivity contribution in [1.82, 2.24) is 0 Å². The third-order valence-electron chi connectivity index (χ3n) is 1.91. The van der Waals surface area contributed by atoms with Gasteiger partial charge in [-0.15, -0.1) is 0 Å². The Morgan fingerprint density at radius 2 is 2.27 bits per heavy atom. The molecule has 1 rings (SSSR count). The second-order valence-electron chi connectivity index (χ2n) is 2.99. The molecule has 0 aliphatic carbocycles. The molecule has 1 aromatic carbocycles. The highest BCUT2D eigenvalue weighted by Crippen LogP contribution is 2.23. The van der Waals surface area contributed by atoms with E-state index in [1.54, 1.807) is 13.0 Å². The number of carbonyl (C=O) groups is 1. The molecule has 0 fully saturated rings. The van der Waals surface area contributed by atoms with Crippen LogP contribution in [0.25, 0.3) is 0 Å². The molecule has 0 heterocycles. The fourth-order valence-electron chi connectivity index (χ4n) is 0.935. The number of methoxy groups -OCH3 is 1. The normalized spacial score (nSPS) is 12.3. The highest BCUT2D eigenvalue weighted by molar-refractivity contribution is 14.1. The van der Waals surface area contributed by atoms with Crippen LogP contribution in [-0.4, -0.2) is 19.1 Å². The van der Waals surface area contributed by atoms with Gasteiger partial charge < -0.3 is 10.1 Å². The number of nitrogens with one attached hydrogen (secondary N) is 1. The van der Waals surface area contributed by atoms with E-state index in [0.29, 0.717) is 10.7 Å². The van der Waals surface area contributed by atoms with Gasteiger partial charge in [0, 0.05) is 10.7 Å². The van der Waals surface area contributed by atoms with Crippen molar-refractivity contribution in [3.63, 3.8) is 0 Å². The van der Waals surface area contributed by atoms with E-state index < -0.39 is 6.10 Å². The molecule has 15 heavy (non-hydrogen) atoms. The average Bonchev–Trinajstić information content (AvgIpc) is 2.22. The average molecular weight is 340 g/mol. The summed E-state index contributed by atoms with van der Waals surface area (Å²) in [6, 6.07) is 5.43. The van der Waals surface area contributed by atoms with E-state index >= 15 is 0 Å². The Balaban J connectivity index is 2.80. The summed E-state index contributed by atoms with van der Waals surface area (Å²) in [5, 5.41) is 3.22. The molecule has 82 valence electrons. The van der Waals surface area contributed by atoms with Crippen LogP contribution in [0.5, 0.6) is 0 Å². The summed E-state index contributed by atoms with van der Waals surface area (Å²) in [7, 11) is 1.49. The van der Waals surface area contributed by atoms with Crippen molar-refractivity contribution in [3.05, 3.63) is 26.8 Å². The van der Waals surface area contributed by atoms with Crippen LogP contribution in [0.15, 0.2) is 18.2 Å². The van der Waals surface area contributed by atoms with Gasteiger partial charge in [-0.05, 0) is 47.7 Å². The zero-order chi connectivity index (χ0) is 11.4. The molecule has 0 bridgehead atoms. The first-order valence-corrected chi connectivity index (χ1v) is 5.79. The summed E-state index contributed by atoms with van der Waals surface area (Å²) in [4.78, 5) is 11.5. The third-order valence-corrected chi connectivity index (χ3v) is 2.91. The van der Waals surface area contributed by atoms with E-state index in [4.69, 9.17) is 16.3 Å². The van der Waals surface area contributed by atoms with Crippen LogP contribution in [0.4, 0.5) is 5.69 Å². The van der Waals surface area contributed by atoms with Gasteiger partial charge in [0.05, 0.1) is 10.7 Å². The molecular weight excluding hydrogens is 328 g/mol. The predicted octanol–water partition coefficient (Wildman–Crippen LogP) is 2.92. The Morgan fingerprint density at radius 1 is 1.60 bits per heavy atom. The monoisotopic (exact) mass is 339 g/mol. The minimum Gasteiger partial charge on any atom is -0.372 e. The van der Waals surface area contributed by atoms with E-state index in [9.17, 15) is 4.79 Å². The van der Waals surface area contributed by atoms with E-state index in [1.165, 1.54) is 7.11 Å². The van der Waals surface area contributed by atoms with Gasteiger partial charge in [-0.25, -0.2) is 0 Å². The molecule has 0 saturated carbocycles. The molecule has 5 heteroatoms. The Kier molecular flexibility index (Phi) is 4.82. The zero-order valence-corrected chi connectivity index (χ0v) is 11.3. The summed E-state index contributed by atoms with van der Waals surface area (Å²) in [6.07, 6.45) is -0.487. The standard InChI is InChI=1S/C10H11ClINO2/c1-6(15-2)10(14)13-9-5-7(12)3-4-8(9)11/h3-6H,1-2H3,(H,13,14)/t6-/m1/s1. The van der Waals surface area contributed by atoms with Crippen LogP contribution >= 0.6 is 34.2 Å². The SMILES string of the molecule is CO[C@H](C)C(=O)Nc1cc(I)ccc1Cl. The van der Waals surface area contributed by atoms with Gasteiger partial charge in [-0.2, -0.15) is 0 Å². The van der Waals surface area contributed by atoms with Gasteiger partial charge in [0.2, 0.25) is 0 Å². The first-order chi connectivity index (χ1) is 7.04. The lowest BCUT2D eigenvalue weighted by molar-refractivity contribution is -0.124. The number of benzene rings is 1. The second-order valence-corrected chi connectivity index (χ2v) is 4.64. The second kappa shape index (κ2) is 5.67. The number of ether oxygens (including phenoxy) is 1. The number of hydrogen-bond acceptors (Lipinski definition) is 2. The molecule has 0 aliphatic heterocycles. The smallest absolute Gasteiger partial charge is 0.253 e. The summed E-state index contributed by atoms with van der Waals surface area (Å²) < 4.78 is 5.91. The van der Waals surface area contributed by atoms with Gasteiger partial charge in [0.25, 0.3) is 5.91 Å². The molecule has 0 radical (unpaired) electrons. The van der Waals surface area contributed by atoms with Crippen LogP contribution in [0.3, 0.4) is 0 Å². The Bertz CT molecular complexity index is 370. The third kappa shape index (κ3) is 3.62. The predicted molar refractivity (Wildman–Crippen MR) is 69.3 cm³/mol. The molecule has 0 saturated heterocycles. The van der Waals surface area contributed by atoms with Crippen molar-refractivity contribution in [2.75, 3.05) is 12.4 Å². The Hall–Kier alpha value is -0.330. The molecule has 0 aliphatic rings. The number of halogens is 2. The number of carbonyl (C=O) groups excluding carboxylic acids is 1. The lowest BCUT2D eigenvalue weighted by atomic mass is 10.3. The molecule has 0 spiro atoms. The fraction of sp³-hybridized carbons (Fsp3) is 0.300. The summed E-state index contributed by atoms with van der Waals surface area (Å²) in [6.45, 7) is 1.68. The summed E-state index contributed by atoms with van der Waals surface area (Å²) in [5.41, 5.74) is 0.609. The molecule has 1 amide bonds. The summed E-state index contributed by atoms with van der Waals surface area (Å²) in [5.74, 6) is -0.207. The van der Waals surface area contributed by atoms with Crippen LogP contribution in [0.1, 0.15) is 6.92 Å². The Morgan fingerprint density at radius 3 is 2.87 bits per heavy atom. The maximum absolute atomic E-state index is 11.5. The van der Waals surface area contributed by atoms with E-state index in [-0.39, 0.29) is 5.91 Å². The van der Waals surface area contributed by atoms with Crippen LogP contribution in [0, 0.1) is 3.57 Å². The molecule has 0 unspecified atom stereocenters. The number of anilines is 1. The van der Waals surface area contributed by atoms with Crippen LogP contribution in [0.2, 0.25) is 5.02 Å². The quantitative estimate of drug-likeness (QED) is 0.860. The molecule has 1 aromatic rings. The van der Waals surface area contributed by atoms with Gasteiger partial charge in [0.15, 0.2) is 0 Å². The van der Waals surface area contributed by atoms with E-state index in [0.717, 1.165) is 3.57 Å². The number of amides is 1. The maximum Gasteiger partial charge on any atom is 0.253 e. The zero-order valence-electron chi connectivity index (χ0n) is 8.38.